The van der Waals surface area contributed by atoms with Crippen LogP contribution in [-0.2, 0) is 13.1 Å². The molecule has 2 aromatic heterocycles. The van der Waals surface area contributed by atoms with Crippen molar-refractivity contribution < 1.29 is 0 Å². The van der Waals surface area contributed by atoms with E-state index < -0.39 is 0 Å². The zero-order valence-electron chi connectivity index (χ0n) is 10.2. The summed E-state index contributed by atoms with van der Waals surface area (Å²) in [5.74, 6) is 0. The molecule has 4 heteroatoms. The van der Waals surface area contributed by atoms with Crippen LogP contribution in [0.3, 0.4) is 0 Å². The van der Waals surface area contributed by atoms with Crippen LogP contribution in [-0.4, -0.2) is 21.3 Å². The second-order valence-corrected chi connectivity index (χ2v) is 4.49. The van der Waals surface area contributed by atoms with Gasteiger partial charge in [-0.2, -0.15) is 5.10 Å². The lowest BCUT2D eigenvalue weighted by Gasteiger charge is -2.14. The molecule has 0 saturated carbocycles. The molecule has 4 nitrogen and oxygen atoms in total. The second-order valence-electron chi connectivity index (χ2n) is 4.49. The lowest BCUT2D eigenvalue weighted by atomic mass is 10.1. The van der Waals surface area contributed by atoms with Gasteiger partial charge in [0, 0.05) is 24.8 Å². The molecule has 3 rings (SSSR count). The van der Waals surface area contributed by atoms with Crippen molar-refractivity contribution in [2.24, 2.45) is 0 Å². The summed E-state index contributed by atoms with van der Waals surface area (Å²) in [6, 6.07) is 4.05. The van der Waals surface area contributed by atoms with Gasteiger partial charge in [-0.25, -0.2) is 0 Å². The van der Waals surface area contributed by atoms with Gasteiger partial charge in [0.25, 0.3) is 0 Å². The third-order valence-electron chi connectivity index (χ3n) is 3.35. The van der Waals surface area contributed by atoms with Crippen molar-refractivity contribution in [3.05, 3.63) is 35.2 Å². The Balaban J connectivity index is 2.16. The number of aromatic nitrogens is 3. The first-order chi connectivity index (χ1) is 8.27. The zero-order chi connectivity index (χ0) is 11.8. The summed E-state index contributed by atoms with van der Waals surface area (Å²) >= 11 is 0. The molecule has 0 radical (unpaired) electrons. The Kier molecular flexibility index (Phi) is 2.44. The SMILES string of the molecule is Cc1cccnc1-c1nn2c(c1C)CNCC2. The molecule has 0 fully saturated rings. The molecule has 1 aliphatic rings. The van der Waals surface area contributed by atoms with Crippen molar-refractivity contribution in [3.63, 3.8) is 0 Å². The third kappa shape index (κ3) is 1.65. The van der Waals surface area contributed by atoms with Gasteiger partial charge in [-0.1, -0.05) is 6.07 Å². The molecule has 3 heterocycles. The fourth-order valence-corrected chi connectivity index (χ4v) is 2.35. The van der Waals surface area contributed by atoms with Crippen molar-refractivity contribution in [3.8, 4) is 11.4 Å². The molecule has 17 heavy (non-hydrogen) atoms. The molecule has 1 N–H and O–H groups in total. The lowest BCUT2D eigenvalue weighted by Crippen LogP contribution is -2.28. The van der Waals surface area contributed by atoms with Gasteiger partial charge >= 0.3 is 0 Å². The van der Waals surface area contributed by atoms with Crippen LogP contribution in [0.1, 0.15) is 16.8 Å². The number of hydrogen-bond donors (Lipinski definition) is 1. The van der Waals surface area contributed by atoms with Gasteiger partial charge in [0.15, 0.2) is 0 Å². The van der Waals surface area contributed by atoms with E-state index in [1.54, 1.807) is 0 Å². The molecular weight excluding hydrogens is 212 g/mol. The lowest BCUT2D eigenvalue weighted by molar-refractivity contribution is 0.475. The molecule has 0 aromatic carbocycles. The average molecular weight is 228 g/mol. The largest absolute Gasteiger partial charge is 0.309 e. The molecule has 0 unspecified atom stereocenters. The molecular formula is C13H16N4. The normalized spacial score (nSPS) is 14.7. The minimum atomic E-state index is 0.907. The summed E-state index contributed by atoms with van der Waals surface area (Å²) in [5, 5.41) is 8.08. The van der Waals surface area contributed by atoms with E-state index in [1.807, 2.05) is 12.3 Å². The van der Waals surface area contributed by atoms with Gasteiger partial charge in [0.05, 0.1) is 17.9 Å². The number of rotatable bonds is 1. The molecule has 0 bridgehead atoms. The molecule has 88 valence electrons. The maximum absolute atomic E-state index is 4.70. The topological polar surface area (TPSA) is 42.7 Å². The van der Waals surface area contributed by atoms with Crippen LogP contribution in [0.25, 0.3) is 11.4 Å². The minimum Gasteiger partial charge on any atom is -0.309 e. The Bertz CT molecular complexity index is 557. The van der Waals surface area contributed by atoms with Crippen LogP contribution in [0.5, 0.6) is 0 Å². The van der Waals surface area contributed by atoms with Crippen LogP contribution in [0.15, 0.2) is 18.3 Å². The van der Waals surface area contributed by atoms with E-state index in [0.29, 0.717) is 0 Å². The predicted molar refractivity (Wildman–Crippen MR) is 66.6 cm³/mol. The number of aryl methyl sites for hydroxylation is 1. The molecule has 0 amide bonds. The van der Waals surface area contributed by atoms with Gasteiger partial charge in [-0.15, -0.1) is 0 Å². The highest BCUT2D eigenvalue weighted by Gasteiger charge is 2.19. The first-order valence-corrected chi connectivity index (χ1v) is 5.96. The monoisotopic (exact) mass is 228 g/mol. The Hall–Kier alpha value is -1.68. The smallest absolute Gasteiger partial charge is 0.114 e. The van der Waals surface area contributed by atoms with Crippen molar-refractivity contribution in [1.82, 2.24) is 20.1 Å². The Morgan fingerprint density at radius 1 is 1.29 bits per heavy atom. The van der Waals surface area contributed by atoms with E-state index in [2.05, 4.69) is 34.9 Å². The van der Waals surface area contributed by atoms with Crippen LogP contribution in [0, 0.1) is 13.8 Å². The quantitative estimate of drug-likeness (QED) is 0.807. The summed E-state index contributed by atoms with van der Waals surface area (Å²) in [6.45, 7) is 7.06. The van der Waals surface area contributed by atoms with Crippen LogP contribution >= 0.6 is 0 Å². The zero-order valence-corrected chi connectivity index (χ0v) is 10.2. The van der Waals surface area contributed by atoms with E-state index in [9.17, 15) is 0 Å². The molecule has 1 aliphatic heterocycles. The van der Waals surface area contributed by atoms with Gasteiger partial charge < -0.3 is 5.32 Å². The minimum absolute atomic E-state index is 0.907. The molecule has 0 saturated heterocycles. The Morgan fingerprint density at radius 3 is 2.94 bits per heavy atom. The highest BCUT2D eigenvalue weighted by atomic mass is 15.3. The van der Waals surface area contributed by atoms with E-state index in [1.165, 1.54) is 16.8 Å². The van der Waals surface area contributed by atoms with Crippen LogP contribution < -0.4 is 5.32 Å². The van der Waals surface area contributed by atoms with Crippen molar-refractivity contribution >= 4 is 0 Å². The number of hydrogen-bond acceptors (Lipinski definition) is 3. The Labute approximate surface area is 101 Å². The maximum Gasteiger partial charge on any atom is 0.114 e. The van der Waals surface area contributed by atoms with Gasteiger partial charge in [-0.3, -0.25) is 9.67 Å². The number of fused-ring (bicyclic) bond motifs is 1. The van der Waals surface area contributed by atoms with E-state index in [4.69, 9.17) is 5.10 Å². The van der Waals surface area contributed by atoms with Crippen molar-refractivity contribution in [2.45, 2.75) is 26.9 Å². The standard InChI is InChI=1S/C13H16N4/c1-9-4-3-5-15-12(9)13-10(2)11-8-14-6-7-17(11)16-13/h3-5,14H,6-8H2,1-2H3. The number of nitrogens with one attached hydrogen (secondary N) is 1. The van der Waals surface area contributed by atoms with Crippen molar-refractivity contribution in [1.29, 1.82) is 0 Å². The van der Waals surface area contributed by atoms with E-state index in [-0.39, 0.29) is 0 Å². The fraction of sp³-hybridized carbons (Fsp3) is 0.385. The molecule has 0 spiro atoms. The van der Waals surface area contributed by atoms with Gasteiger partial charge in [0.1, 0.15) is 5.69 Å². The maximum atomic E-state index is 4.70. The van der Waals surface area contributed by atoms with E-state index >= 15 is 0 Å². The summed E-state index contributed by atoms with van der Waals surface area (Å²) < 4.78 is 2.11. The highest BCUT2D eigenvalue weighted by molar-refractivity contribution is 5.63. The first kappa shape index (κ1) is 10.5. The molecule has 2 aromatic rings. The predicted octanol–water partition coefficient (Wildman–Crippen LogP) is 1.67. The first-order valence-electron chi connectivity index (χ1n) is 5.96. The van der Waals surface area contributed by atoms with Crippen molar-refractivity contribution in [2.75, 3.05) is 6.54 Å². The number of pyridine rings is 1. The fourth-order valence-electron chi connectivity index (χ4n) is 2.35. The molecule has 0 atom stereocenters. The average Bonchev–Trinajstić information content (AvgIpc) is 2.68. The second kappa shape index (κ2) is 3.96. The van der Waals surface area contributed by atoms with E-state index in [0.717, 1.165) is 31.0 Å². The Morgan fingerprint density at radius 2 is 2.18 bits per heavy atom. The molecule has 0 aliphatic carbocycles. The van der Waals surface area contributed by atoms with Gasteiger partial charge in [0.2, 0.25) is 0 Å². The summed E-state index contributed by atoms with van der Waals surface area (Å²) in [7, 11) is 0. The van der Waals surface area contributed by atoms with Crippen LogP contribution in [0.2, 0.25) is 0 Å². The number of nitrogens with zero attached hydrogens (tertiary/aromatic N) is 3. The third-order valence-corrected chi connectivity index (χ3v) is 3.35. The van der Waals surface area contributed by atoms with Gasteiger partial charge in [-0.05, 0) is 25.5 Å². The summed E-state index contributed by atoms with van der Waals surface area (Å²) in [5.41, 5.74) is 5.75. The highest BCUT2D eigenvalue weighted by Crippen LogP contribution is 2.26. The summed E-state index contributed by atoms with van der Waals surface area (Å²) in [4.78, 5) is 4.46. The van der Waals surface area contributed by atoms with Crippen LogP contribution in [0.4, 0.5) is 0 Å². The summed E-state index contributed by atoms with van der Waals surface area (Å²) in [6.07, 6.45) is 1.83.